The zero-order chi connectivity index (χ0) is 11.4. The third-order valence-electron chi connectivity index (χ3n) is 2.67. The lowest BCUT2D eigenvalue weighted by atomic mass is 10.1. The SMILES string of the molecule is CC(C)[C@H]1CSC(=NCc2ccncc2)N1. The molecule has 3 nitrogen and oxygen atoms in total. The van der Waals surface area contributed by atoms with Gasteiger partial charge in [-0.25, -0.2) is 0 Å². The zero-order valence-electron chi connectivity index (χ0n) is 9.68. The van der Waals surface area contributed by atoms with Gasteiger partial charge in [-0.1, -0.05) is 25.6 Å². The Morgan fingerprint density at radius 2 is 2.25 bits per heavy atom. The van der Waals surface area contributed by atoms with Crippen LogP contribution in [0.4, 0.5) is 0 Å². The molecule has 0 unspecified atom stereocenters. The van der Waals surface area contributed by atoms with Crippen LogP contribution < -0.4 is 5.32 Å². The third kappa shape index (κ3) is 2.98. The molecular weight excluding hydrogens is 218 g/mol. The van der Waals surface area contributed by atoms with Gasteiger partial charge in [0, 0.05) is 24.2 Å². The van der Waals surface area contributed by atoms with Crippen LogP contribution in [-0.4, -0.2) is 21.9 Å². The van der Waals surface area contributed by atoms with Crippen molar-refractivity contribution >= 4 is 16.9 Å². The molecule has 1 saturated heterocycles. The quantitative estimate of drug-likeness (QED) is 0.873. The predicted octanol–water partition coefficient (Wildman–Crippen LogP) is 2.30. The Labute approximate surface area is 101 Å². The van der Waals surface area contributed by atoms with Gasteiger partial charge in [-0.3, -0.25) is 9.98 Å². The van der Waals surface area contributed by atoms with Crippen molar-refractivity contribution in [3.63, 3.8) is 0 Å². The number of rotatable bonds is 3. The maximum Gasteiger partial charge on any atom is 0.157 e. The number of aliphatic imine (C=N–C) groups is 1. The summed E-state index contributed by atoms with van der Waals surface area (Å²) < 4.78 is 0. The van der Waals surface area contributed by atoms with Crippen molar-refractivity contribution in [2.24, 2.45) is 10.9 Å². The van der Waals surface area contributed by atoms with E-state index in [0.717, 1.165) is 17.5 Å². The molecule has 0 aromatic carbocycles. The van der Waals surface area contributed by atoms with Gasteiger partial charge in [0.15, 0.2) is 5.17 Å². The molecule has 1 N–H and O–H groups in total. The minimum absolute atomic E-state index is 0.571. The van der Waals surface area contributed by atoms with Gasteiger partial charge < -0.3 is 5.32 Å². The summed E-state index contributed by atoms with van der Waals surface area (Å²) in [5.74, 6) is 1.80. The van der Waals surface area contributed by atoms with Crippen LogP contribution in [0.25, 0.3) is 0 Å². The van der Waals surface area contributed by atoms with Crippen molar-refractivity contribution in [1.29, 1.82) is 0 Å². The van der Waals surface area contributed by atoms with Crippen LogP contribution in [0.15, 0.2) is 29.5 Å². The minimum atomic E-state index is 0.571. The van der Waals surface area contributed by atoms with Crippen LogP contribution in [-0.2, 0) is 6.54 Å². The first-order valence-electron chi connectivity index (χ1n) is 5.58. The number of thioether (sulfide) groups is 1. The van der Waals surface area contributed by atoms with Crippen LogP contribution in [0.5, 0.6) is 0 Å². The fourth-order valence-electron chi connectivity index (χ4n) is 1.51. The fraction of sp³-hybridized carbons (Fsp3) is 0.500. The second kappa shape index (κ2) is 5.34. The molecule has 1 aliphatic rings. The molecule has 0 amide bonds. The van der Waals surface area contributed by atoms with Crippen molar-refractivity contribution in [2.45, 2.75) is 26.4 Å². The Morgan fingerprint density at radius 1 is 1.50 bits per heavy atom. The Morgan fingerprint density at radius 3 is 2.88 bits per heavy atom. The average Bonchev–Trinajstić information content (AvgIpc) is 2.76. The number of amidine groups is 1. The third-order valence-corrected chi connectivity index (χ3v) is 3.71. The fourth-order valence-corrected chi connectivity index (χ4v) is 2.71. The van der Waals surface area contributed by atoms with E-state index in [1.165, 1.54) is 5.56 Å². The van der Waals surface area contributed by atoms with Crippen molar-refractivity contribution < 1.29 is 0 Å². The van der Waals surface area contributed by atoms with Crippen LogP contribution >= 0.6 is 11.8 Å². The van der Waals surface area contributed by atoms with Gasteiger partial charge in [0.25, 0.3) is 0 Å². The first-order valence-corrected chi connectivity index (χ1v) is 6.57. The Bertz CT molecular complexity index is 362. The molecule has 0 spiro atoms. The summed E-state index contributed by atoms with van der Waals surface area (Å²) in [5, 5.41) is 4.54. The molecule has 0 radical (unpaired) electrons. The molecule has 0 bridgehead atoms. The summed E-state index contributed by atoms with van der Waals surface area (Å²) in [6.45, 7) is 5.22. The maximum absolute atomic E-state index is 4.57. The largest absolute Gasteiger partial charge is 0.361 e. The van der Waals surface area contributed by atoms with E-state index in [4.69, 9.17) is 0 Å². The molecule has 1 aliphatic heterocycles. The zero-order valence-corrected chi connectivity index (χ0v) is 10.5. The first-order chi connectivity index (χ1) is 7.75. The molecule has 1 fully saturated rings. The highest BCUT2D eigenvalue weighted by Crippen LogP contribution is 2.19. The molecule has 86 valence electrons. The predicted molar refractivity (Wildman–Crippen MR) is 69.6 cm³/mol. The van der Waals surface area contributed by atoms with Crippen LogP contribution in [0.3, 0.4) is 0 Å². The molecule has 1 aromatic heterocycles. The van der Waals surface area contributed by atoms with Gasteiger partial charge in [-0.15, -0.1) is 0 Å². The molecule has 2 rings (SSSR count). The first kappa shape index (κ1) is 11.5. The van der Waals surface area contributed by atoms with E-state index in [1.54, 1.807) is 0 Å². The second-order valence-corrected chi connectivity index (χ2v) is 5.29. The van der Waals surface area contributed by atoms with Crippen molar-refractivity contribution in [2.75, 3.05) is 5.75 Å². The van der Waals surface area contributed by atoms with E-state index in [1.807, 2.05) is 36.3 Å². The highest BCUT2D eigenvalue weighted by atomic mass is 32.2. The summed E-state index contributed by atoms with van der Waals surface area (Å²) in [5.41, 5.74) is 1.21. The normalized spacial score (nSPS) is 22.7. The number of nitrogens with zero attached hydrogens (tertiary/aromatic N) is 2. The Balaban J connectivity index is 1.90. The molecule has 1 atom stereocenters. The van der Waals surface area contributed by atoms with Crippen LogP contribution in [0.2, 0.25) is 0 Å². The van der Waals surface area contributed by atoms with Gasteiger partial charge in [-0.05, 0) is 23.6 Å². The average molecular weight is 235 g/mol. The molecule has 0 aliphatic carbocycles. The molecule has 16 heavy (non-hydrogen) atoms. The monoisotopic (exact) mass is 235 g/mol. The minimum Gasteiger partial charge on any atom is -0.361 e. The number of aromatic nitrogens is 1. The highest BCUT2D eigenvalue weighted by molar-refractivity contribution is 8.14. The molecule has 0 saturated carbocycles. The van der Waals surface area contributed by atoms with Crippen molar-refractivity contribution in [3.05, 3.63) is 30.1 Å². The summed E-state index contributed by atoms with van der Waals surface area (Å²) in [6.07, 6.45) is 3.61. The lowest BCUT2D eigenvalue weighted by molar-refractivity contribution is 0.503. The molecule has 4 heteroatoms. The second-order valence-electron chi connectivity index (χ2n) is 4.28. The molecule has 1 aromatic rings. The van der Waals surface area contributed by atoms with Crippen molar-refractivity contribution in [3.8, 4) is 0 Å². The summed E-state index contributed by atoms with van der Waals surface area (Å²) in [7, 11) is 0. The van der Waals surface area contributed by atoms with Crippen LogP contribution in [0.1, 0.15) is 19.4 Å². The summed E-state index contributed by atoms with van der Waals surface area (Å²) in [6, 6.07) is 4.58. The van der Waals surface area contributed by atoms with E-state index in [9.17, 15) is 0 Å². The lowest BCUT2D eigenvalue weighted by Gasteiger charge is -2.13. The van der Waals surface area contributed by atoms with E-state index >= 15 is 0 Å². The smallest absolute Gasteiger partial charge is 0.157 e. The van der Waals surface area contributed by atoms with E-state index in [2.05, 4.69) is 29.1 Å². The van der Waals surface area contributed by atoms with Gasteiger partial charge in [0.05, 0.1) is 6.54 Å². The number of pyridine rings is 1. The standard InChI is InChI=1S/C12H17N3S/c1-9(2)11-8-16-12(15-11)14-7-10-3-5-13-6-4-10/h3-6,9,11H,7-8H2,1-2H3,(H,14,15)/t11-/m1/s1. The number of hydrogen-bond acceptors (Lipinski definition) is 3. The van der Waals surface area contributed by atoms with Gasteiger partial charge in [-0.2, -0.15) is 0 Å². The Kier molecular flexibility index (Phi) is 3.83. The number of nitrogens with one attached hydrogen (secondary N) is 1. The maximum atomic E-state index is 4.57. The topological polar surface area (TPSA) is 37.3 Å². The summed E-state index contributed by atoms with van der Waals surface area (Å²) in [4.78, 5) is 8.56. The van der Waals surface area contributed by atoms with E-state index < -0.39 is 0 Å². The molecule has 2 heterocycles. The molecular formula is C12H17N3S. The summed E-state index contributed by atoms with van der Waals surface area (Å²) >= 11 is 1.82. The van der Waals surface area contributed by atoms with Crippen LogP contribution in [0, 0.1) is 5.92 Å². The van der Waals surface area contributed by atoms with Crippen molar-refractivity contribution in [1.82, 2.24) is 10.3 Å². The van der Waals surface area contributed by atoms with Gasteiger partial charge in [0.2, 0.25) is 0 Å². The van der Waals surface area contributed by atoms with Gasteiger partial charge in [0.1, 0.15) is 0 Å². The number of hydrogen-bond donors (Lipinski definition) is 1. The van der Waals surface area contributed by atoms with E-state index in [-0.39, 0.29) is 0 Å². The Hall–Kier alpha value is -1.03. The van der Waals surface area contributed by atoms with E-state index in [0.29, 0.717) is 12.0 Å². The highest BCUT2D eigenvalue weighted by Gasteiger charge is 2.22. The lowest BCUT2D eigenvalue weighted by Crippen LogP contribution is -2.31. The van der Waals surface area contributed by atoms with Gasteiger partial charge >= 0.3 is 0 Å².